The Balaban J connectivity index is 1.32. The molecule has 2 aromatic carbocycles. The lowest BCUT2D eigenvalue weighted by atomic mass is 10.1. The van der Waals surface area contributed by atoms with Crippen molar-refractivity contribution < 1.29 is 18.1 Å². The Labute approximate surface area is 188 Å². The third kappa shape index (κ3) is 4.16. The van der Waals surface area contributed by atoms with E-state index in [1.165, 1.54) is 18.2 Å². The minimum atomic E-state index is -0.378. The van der Waals surface area contributed by atoms with Gasteiger partial charge in [-0.3, -0.25) is 4.79 Å². The molecule has 0 unspecified atom stereocenters. The van der Waals surface area contributed by atoms with Crippen LogP contribution in [0, 0.1) is 5.82 Å². The molecule has 0 saturated carbocycles. The van der Waals surface area contributed by atoms with Gasteiger partial charge < -0.3 is 13.8 Å². The highest BCUT2D eigenvalue weighted by Gasteiger charge is 2.35. The Bertz CT molecular complexity index is 1250. The van der Waals surface area contributed by atoms with Crippen molar-refractivity contribution in [3.63, 3.8) is 0 Å². The molecule has 8 heteroatoms. The van der Waals surface area contributed by atoms with E-state index < -0.39 is 0 Å². The van der Waals surface area contributed by atoms with Gasteiger partial charge in [-0.2, -0.15) is 0 Å². The molecule has 1 fully saturated rings. The van der Waals surface area contributed by atoms with Gasteiger partial charge in [-0.15, -0.1) is 0 Å². The Morgan fingerprint density at radius 1 is 1.19 bits per heavy atom. The van der Waals surface area contributed by atoms with Crippen LogP contribution < -0.4 is 0 Å². The van der Waals surface area contributed by atoms with E-state index >= 15 is 0 Å². The third-order valence-electron chi connectivity index (χ3n) is 5.50. The summed E-state index contributed by atoms with van der Waals surface area (Å²) in [7, 11) is 0. The smallest absolute Gasteiger partial charge is 0.293 e. The summed E-state index contributed by atoms with van der Waals surface area (Å²) in [6, 6.07) is 14.8. The number of likely N-dealkylation sites (tertiary alicyclic amines) is 1. The van der Waals surface area contributed by atoms with Crippen LogP contribution in [0.4, 0.5) is 4.39 Å². The predicted molar refractivity (Wildman–Crippen MR) is 116 cm³/mol. The molecule has 1 amide bonds. The minimum Gasteiger partial charge on any atom is -0.443 e. The van der Waals surface area contributed by atoms with Crippen LogP contribution in [-0.4, -0.2) is 27.5 Å². The SMILES string of the molecule is O=C(c1cc(-c2cccc(F)c2)no1)N1CCC[C@@H]1c1ncc(Cc2ccc(Cl)cc2)o1. The van der Waals surface area contributed by atoms with Crippen molar-refractivity contribution in [1.29, 1.82) is 0 Å². The highest BCUT2D eigenvalue weighted by Crippen LogP contribution is 2.33. The highest BCUT2D eigenvalue weighted by atomic mass is 35.5. The molecule has 1 atom stereocenters. The fourth-order valence-electron chi connectivity index (χ4n) is 3.93. The molecule has 0 spiro atoms. The first-order chi connectivity index (χ1) is 15.6. The molecule has 1 aliphatic heterocycles. The molecule has 0 bridgehead atoms. The number of carbonyl (C=O) groups excluding carboxylic acids is 1. The van der Waals surface area contributed by atoms with Gasteiger partial charge in [0.15, 0.2) is 0 Å². The second-order valence-corrected chi connectivity index (χ2v) is 8.15. The zero-order chi connectivity index (χ0) is 22.1. The maximum absolute atomic E-state index is 13.5. The number of rotatable bonds is 5. The van der Waals surface area contributed by atoms with Crippen LogP contribution in [0.5, 0.6) is 0 Å². The number of benzene rings is 2. The fraction of sp³-hybridized carbons (Fsp3) is 0.208. The molecule has 2 aromatic heterocycles. The molecule has 1 aliphatic rings. The van der Waals surface area contributed by atoms with E-state index in [1.807, 2.05) is 24.3 Å². The van der Waals surface area contributed by atoms with Crippen LogP contribution in [0.1, 0.15) is 46.7 Å². The molecule has 0 radical (unpaired) electrons. The van der Waals surface area contributed by atoms with Gasteiger partial charge in [0.25, 0.3) is 5.91 Å². The van der Waals surface area contributed by atoms with Crippen molar-refractivity contribution in [1.82, 2.24) is 15.0 Å². The van der Waals surface area contributed by atoms with Crippen LogP contribution in [0.2, 0.25) is 5.02 Å². The highest BCUT2D eigenvalue weighted by molar-refractivity contribution is 6.30. The number of hydrogen-bond donors (Lipinski definition) is 0. The van der Waals surface area contributed by atoms with Gasteiger partial charge in [-0.1, -0.05) is 41.0 Å². The molecule has 0 aliphatic carbocycles. The average Bonchev–Trinajstić information content (AvgIpc) is 3.55. The molecule has 1 saturated heterocycles. The topological polar surface area (TPSA) is 72.4 Å². The van der Waals surface area contributed by atoms with E-state index in [0.29, 0.717) is 35.1 Å². The molecule has 4 aromatic rings. The predicted octanol–water partition coefficient (Wildman–Crippen LogP) is 5.69. The lowest BCUT2D eigenvalue weighted by molar-refractivity contribution is 0.0672. The normalized spacial score (nSPS) is 15.9. The Morgan fingerprint density at radius 3 is 2.84 bits per heavy atom. The van der Waals surface area contributed by atoms with Gasteiger partial charge in [-0.25, -0.2) is 9.37 Å². The zero-order valence-corrected chi connectivity index (χ0v) is 17.8. The maximum atomic E-state index is 13.5. The largest absolute Gasteiger partial charge is 0.443 e. The number of oxazole rings is 1. The van der Waals surface area contributed by atoms with Gasteiger partial charge in [0.05, 0.1) is 6.20 Å². The summed E-state index contributed by atoms with van der Waals surface area (Å²) < 4.78 is 24.8. The lowest BCUT2D eigenvalue weighted by Crippen LogP contribution is -2.30. The summed E-state index contributed by atoms with van der Waals surface area (Å²) in [4.78, 5) is 19.2. The summed E-state index contributed by atoms with van der Waals surface area (Å²) in [6.07, 6.45) is 3.86. The van der Waals surface area contributed by atoms with E-state index in [9.17, 15) is 9.18 Å². The number of amides is 1. The van der Waals surface area contributed by atoms with Crippen molar-refractivity contribution in [3.05, 3.63) is 94.6 Å². The van der Waals surface area contributed by atoms with Crippen molar-refractivity contribution in [3.8, 4) is 11.3 Å². The molecule has 5 rings (SSSR count). The average molecular weight is 452 g/mol. The van der Waals surface area contributed by atoms with Gasteiger partial charge in [0.2, 0.25) is 11.7 Å². The molecule has 0 N–H and O–H groups in total. The van der Waals surface area contributed by atoms with Crippen LogP contribution in [0.25, 0.3) is 11.3 Å². The molecule has 6 nitrogen and oxygen atoms in total. The number of hydrogen-bond acceptors (Lipinski definition) is 5. The van der Waals surface area contributed by atoms with Crippen LogP contribution >= 0.6 is 11.6 Å². The molecule has 32 heavy (non-hydrogen) atoms. The third-order valence-corrected chi connectivity index (χ3v) is 5.76. The first-order valence-corrected chi connectivity index (χ1v) is 10.7. The van der Waals surface area contributed by atoms with Crippen LogP contribution in [0.3, 0.4) is 0 Å². The second-order valence-electron chi connectivity index (χ2n) is 7.71. The van der Waals surface area contributed by atoms with E-state index in [2.05, 4.69) is 10.1 Å². The number of carbonyl (C=O) groups is 1. The van der Waals surface area contributed by atoms with Crippen molar-refractivity contribution >= 4 is 17.5 Å². The number of nitrogens with zero attached hydrogens (tertiary/aromatic N) is 3. The van der Waals surface area contributed by atoms with Gasteiger partial charge in [0.1, 0.15) is 23.3 Å². The maximum Gasteiger partial charge on any atom is 0.293 e. The molecule has 3 heterocycles. The van der Waals surface area contributed by atoms with Crippen molar-refractivity contribution in [2.24, 2.45) is 0 Å². The summed E-state index contributed by atoms with van der Waals surface area (Å²) in [5.74, 6) is 0.653. The number of halogens is 2. The Morgan fingerprint density at radius 2 is 2.03 bits per heavy atom. The molecular weight excluding hydrogens is 433 g/mol. The van der Waals surface area contributed by atoms with Crippen molar-refractivity contribution in [2.45, 2.75) is 25.3 Å². The monoisotopic (exact) mass is 451 g/mol. The molecular formula is C24H19ClFN3O3. The van der Waals surface area contributed by atoms with Gasteiger partial charge >= 0.3 is 0 Å². The summed E-state index contributed by atoms with van der Waals surface area (Å²) >= 11 is 5.94. The summed E-state index contributed by atoms with van der Waals surface area (Å²) in [5, 5.41) is 4.62. The van der Waals surface area contributed by atoms with E-state index in [-0.39, 0.29) is 23.5 Å². The number of aromatic nitrogens is 2. The molecule has 162 valence electrons. The Kier molecular flexibility index (Phi) is 5.49. The second kappa shape index (κ2) is 8.59. The quantitative estimate of drug-likeness (QED) is 0.389. The van der Waals surface area contributed by atoms with Gasteiger partial charge in [-0.05, 0) is 42.7 Å². The van der Waals surface area contributed by atoms with Crippen LogP contribution in [0.15, 0.2) is 69.7 Å². The summed E-state index contributed by atoms with van der Waals surface area (Å²) in [6.45, 7) is 0.564. The standard InChI is InChI=1S/C24H19ClFN3O3/c25-17-8-6-15(7-9-17)11-19-14-27-23(31-19)21-5-2-10-29(21)24(30)22-13-20(28-32-22)16-3-1-4-18(26)12-16/h1,3-4,6-9,12-14,21H,2,5,10-11H2/t21-/m1/s1. The Hall–Kier alpha value is -3.45. The van der Waals surface area contributed by atoms with E-state index in [0.717, 1.165) is 24.2 Å². The zero-order valence-electron chi connectivity index (χ0n) is 17.0. The fourth-order valence-corrected chi connectivity index (χ4v) is 4.06. The van der Waals surface area contributed by atoms with Crippen molar-refractivity contribution in [2.75, 3.05) is 6.54 Å². The van der Waals surface area contributed by atoms with E-state index in [4.69, 9.17) is 20.5 Å². The first-order valence-electron chi connectivity index (χ1n) is 10.3. The summed E-state index contributed by atoms with van der Waals surface area (Å²) in [5.41, 5.74) is 2.01. The lowest BCUT2D eigenvalue weighted by Gasteiger charge is -2.20. The first kappa shape index (κ1) is 20.5. The minimum absolute atomic E-state index is 0.101. The van der Waals surface area contributed by atoms with Crippen LogP contribution in [-0.2, 0) is 6.42 Å². The van der Waals surface area contributed by atoms with Gasteiger partial charge in [0, 0.05) is 29.6 Å². The van der Waals surface area contributed by atoms with E-state index in [1.54, 1.807) is 23.2 Å².